The van der Waals surface area contributed by atoms with Gasteiger partial charge in [-0.15, -0.1) is 0 Å². The summed E-state index contributed by atoms with van der Waals surface area (Å²) < 4.78 is 0. The van der Waals surface area contributed by atoms with Crippen LogP contribution in [-0.4, -0.2) is 23.3 Å². The first-order valence-corrected chi connectivity index (χ1v) is 4.62. The van der Waals surface area contributed by atoms with Crippen LogP contribution in [0.5, 0.6) is 0 Å². The van der Waals surface area contributed by atoms with Gasteiger partial charge in [0.2, 0.25) is 0 Å². The average Bonchev–Trinajstić information content (AvgIpc) is 2.41. The van der Waals surface area contributed by atoms with E-state index in [0.29, 0.717) is 17.7 Å². The van der Waals surface area contributed by atoms with Crippen molar-refractivity contribution in [2.24, 2.45) is 0 Å². The molecular formula is C11H11NO2. The summed E-state index contributed by atoms with van der Waals surface area (Å²) >= 11 is 0. The summed E-state index contributed by atoms with van der Waals surface area (Å²) in [7, 11) is 0. The number of hydrogen-bond donors (Lipinski definition) is 0. The van der Waals surface area contributed by atoms with Gasteiger partial charge in [0.25, 0.3) is 11.8 Å². The molecule has 72 valence electrons. The Kier molecular flexibility index (Phi) is 1.88. The minimum Gasteiger partial charge on any atom is -0.275 e. The van der Waals surface area contributed by atoms with Gasteiger partial charge in [-0.2, -0.15) is 0 Å². The van der Waals surface area contributed by atoms with E-state index in [2.05, 4.69) is 0 Å². The number of carbonyl (C=O) groups is 2. The standard InChI is InChI=1S/C11H11NO2/c1-3-12-10(13)8-6-4-5-7(2)9(8)11(12)14/h4-6H,3H2,1-2H3. The lowest BCUT2D eigenvalue weighted by molar-refractivity contribution is 0.0663. The van der Waals surface area contributed by atoms with Crippen LogP contribution in [-0.2, 0) is 0 Å². The topological polar surface area (TPSA) is 37.4 Å². The molecule has 0 saturated carbocycles. The first-order valence-electron chi connectivity index (χ1n) is 4.62. The van der Waals surface area contributed by atoms with Crippen molar-refractivity contribution < 1.29 is 9.59 Å². The maximum Gasteiger partial charge on any atom is 0.261 e. The van der Waals surface area contributed by atoms with Crippen LogP contribution in [0.3, 0.4) is 0 Å². The van der Waals surface area contributed by atoms with Crippen LogP contribution in [0.4, 0.5) is 0 Å². The molecule has 14 heavy (non-hydrogen) atoms. The summed E-state index contributed by atoms with van der Waals surface area (Å²) in [6.45, 7) is 4.09. The fourth-order valence-electron chi connectivity index (χ4n) is 1.79. The van der Waals surface area contributed by atoms with E-state index >= 15 is 0 Å². The summed E-state index contributed by atoms with van der Waals surface area (Å²) in [5, 5.41) is 0. The van der Waals surface area contributed by atoms with Crippen molar-refractivity contribution in [3.05, 3.63) is 34.9 Å². The molecule has 1 aromatic carbocycles. The maximum absolute atomic E-state index is 11.8. The van der Waals surface area contributed by atoms with Crippen molar-refractivity contribution in [2.75, 3.05) is 6.54 Å². The highest BCUT2D eigenvalue weighted by Crippen LogP contribution is 2.24. The van der Waals surface area contributed by atoms with E-state index in [0.717, 1.165) is 5.56 Å². The van der Waals surface area contributed by atoms with Crippen LogP contribution in [0.15, 0.2) is 18.2 Å². The monoisotopic (exact) mass is 189 g/mol. The molecule has 0 saturated heterocycles. The highest BCUT2D eigenvalue weighted by atomic mass is 16.2. The molecule has 3 nitrogen and oxygen atoms in total. The Morgan fingerprint density at radius 1 is 1.21 bits per heavy atom. The number of nitrogens with zero attached hydrogens (tertiary/aromatic N) is 1. The smallest absolute Gasteiger partial charge is 0.261 e. The van der Waals surface area contributed by atoms with Gasteiger partial charge >= 0.3 is 0 Å². The maximum atomic E-state index is 11.8. The predicted molar refractivity (Wildman–Crippen MR) is 52.2 cm³/mol. The number of carbonyl (C=O) groups excluding carboxylic acids is 2. The molecule has 1 heterocycles. The predicted octanol–water partition coefficient (Wildman–Crippen LogP) is 1.61. The highest BCUT2D eigenvalue weighted by Gasteiger charge is 2.35. The Balaban J connectivity index is 2.64. The molecule has 0 aromatic heterocycles. The first kappa shape index (κ1) is 8.94. The summed E-state index contributed by atoms with van der Waals surface area (Å²) in [5.41, 5.74) is 1.98. The number of aryl methyl sites for hydroxylation is 1. The van der Waals surface area contributed by atoms with Crippen LogP contribution >= 0.6 is 0 Å². The van der Waals surface area contributed by atoms with Gasteiger partial charge in [-0.1, -0.05) is 12.1 Å². The zero-order chi connectivity index (χ0) is 10.3. The number of hydrogen-bond acceptors (Lipinski definition) is 2. The quantitative estimate of drug-likeness (QED) is 0.629. The van der Waals surface area contributed by atoms with E-state index in [9.17, 15) is 9.59 Å². The molecular weight excluding hydrogens is 178 g/mol. The normalized spacial score (nSPS) is 14.9. The molecule has 0 radical (unpaired) electrons. The highest BCUT2D eigenvalue weighted by molar-refractivity contribution is 6.21. The second-order valence-corrected chi connectivity index (χ2v) is 3.35. The minimum absolute atomic E-state index is 0.161. The zero-order valence-electron chi connectivity index (χ0n) is 8.20. The van der Waals surface area contributed by atoms with Crippen molar-refractivity contribution in [2.45, 2.75) is 13.8 Å². The summed E-state index contributed by atoms with van der Waals surface area (Å²) in [6, 6.07) is 5.36. The third kappa shape index (κ3) is 0.985. The molecule has 1 aliphatic rings. The van der Waals surface area contributed by atoms with Crippen LogP contribution in [0.2, 0.25) is 0 Å². The summed E-state index contributed by atoms with van der Waals surface area (Å²) in [6.07, 6.45) is 0. The lowest BCUT2D eigenvalue weighted by Crippen LogP contribution is -2.29. The first-order chi connectivity index (χ1) is 6.66. The van der Waals surface area contributed by atoms with E-state index in [1.165, 1.54) is 4.90 Å². The number of imide groups is 1. The number of benzene rings is 1. The molecule has 1 aliphatic heterocycles. The summed E-state index contributed by atoms with van der Waals surface area (Å²) in [4.78, 5) is 24.7. The Morgan fingerprint density at radius 3 is 2.50 bits per heavy atom. The Labute approximate surface area is 82.3 Å². The van der Waals surface area contributed by atoms with Crippen LogP contribution in [0.1, 0.15) is 33.2 Å². The lowest BCUT2D eigenvalue weighted by Gasteiger charge is -2.09. The molecule has 0 bridgehead atoms. The molecule has 2 rings (SSSR count). The van der Waals surface area contributed by atoms with Crippen molar-refractivity contribution in [1.82, 2.24) is 4.90 Å². The molecule has 0 unspecified atom stereocenters. The van der Waals surface area contributed by atoms with E-state index < -0.39 is 0 Å². The van der Waals surface area contributed by atoms with Gasteiger partial charge in [-0.05, 0) is 25.5 Å². The van der Waals surface area contributed by atoms with Crippen molar-refractivity contribution in [1.29, 1.82) is 0 Å². The third-order valence-electron chi connectivity index (χ3n) is 2.52. The molecule has 1 aromatic rings. The fourth-order valence-corrected chi connectivity index (χ4v) is 1.79. The van der Waals surface area contributed by atoms with Gasteiger partial charge in [-0.25, -0.2) is 0 Å². The van der Waals surface area contributed by atoms with Gasteiger partial charge in [0.1, 0.15) is 0 Å². The van der Waals surface area contributed by atoms with E-state index in [-0.39, 0.29) is 11.8 Å². The molecule has 3 heteroatoms. The van der Waals surface area contributed by atoms with Gasteiger partial charge < -0.3 is 0 Å². The van der Waals surface area contributed by atoms with E-state index in [4.69, 9.17) is 0 Å². The van der Waals surface area contributed by atoms with Crippen molar-refractivity contribution in [3.63, 3.8) is 0 Å². The van der Waals surface area contributed by atoms with Gasteiger partial charge in [0, 0.05) is 6.54 Å². The SMILES string of the molecule is CCN1C(=O)c2cccc(C)c2C1=O. The van der Waals surface area contributed by atoms with Gasteiger partial charge in [0.15, 0.2) is 0 Å². The second-order valence-electron chi connectivity index (χ2n) is 3.35. The summed E-state index contributed by atoms with van der Waals surface area (Å²) in [5.74, 6) is -0.332. The zero-order valence-corrected chi connectivity index (χ0v) is 8.20. The Morgan fingerprint density at radius 2 is 1.93 bits per heavy atom. The molecule has 0 aliphatic carbocycles. The molecule has 0 atom stereocenters. The van der Waals surface area contributed by atoms with E-state index in [1.54, 1.807) is 19.1 Å². The third-order valence-corrected chi connectivity index (χ3v) is 2.52. The molecule has 0 fully saturated rings. The number of rotatable bonds is 1. The molecule has 0 N–H and O–H groups in total. The van der Waals surface area contributed by atoms with Crippen molar-refractivity contribution >= 4 is 11.8 Å². The minimum atomic E-state index is -0.170. The molecule has 2 amide bonds. The van der Waals surface area contributed by atoms with Crippen LogP contribution < -0.4 is 0 Å². The Bertz CT molecular complexity index is 423. The molecule has 0 spiro atoms. The van der Waals surface area contributed by atoms with Gasteiger partial charge in [-0.3, -0.25) is 14.5 Å². The Hall–Kier alpha value is -1.64. The van der Waals surface area contributed by atoms with Gasteiger partial charge in [0.05, 0.1) is 11.1 Å². The van der Waals surface area contributed by atoms with Crippen molar-refractivity contribution in [3.8, 4) is 0 Å². The van der Waals surface area contributed by atoms with Crippen LogP contribution in [0.25, 0.3) is 0 Å². The lowest BCUT2D eigenvalue weighted by atomic mass is 10.0. The second kappa shape index (κ2) is 2.94. The van der Waals surface area contributed by atoms with E-state index in [1.807, 2.05) is 13.0 Å². The average molecular weight is 189 g/mol. The fraction of sp³-hybridized carbons (Fsp3) is 0.273. The largest absolute Gasteiger partial charge is 0.275 e. The number of amides is 2. The number of fused-ring (bicyclic) bond motifs is 1. The van der Waals surface area contributed by atoms with Crippen LogP contribution in [0, 0.1) is 6.92 Å².